The van der Waals surface area contributed by atoms with Crippen molar-refractivity contribution in [3.05, 3.63) is 103 Å². The summed E-state index contributed by atoms with van der Waals surface area (Å²) in [5, 5.41) is 10.3. The monoisotopic (exact) mass is 456 g/mol. The van der Waals surface area contributed by atoms with Gasteiger partial charge in [0.1, 0.15) is 11.5 Å². The quantitative estimate of drug-likeness (QED) is 0.456. The third kappa shape index (κ3) is 3.90. The van der Waals surface area contributed by atoms with Gasteiger partial charge in [-0.1, -0.05) is 23.8 Å². The first kappa shape index (κ1) is 21.7. The number of rotatable bonds is 4. The fourth-order valence-electron chi connectivity index (χ4n) is 4.64. The molecule has 0 saturated heterocycles. The van der Waals surface area contributed by atoms with E-state index >= 15 is 0 Å². The van der Waals surface area contributed by atoms with E-state index in [-0.39, 0.29) is 29.0 Å². The minimum atomic E-state index is -0.696. The molecule has 172 valence electrons. The van der Waals surface area contributed by atoms with Gasteiger partial charge in [-0.25, -0.2) is 0 Å². The van der Waals surface area contributed by atoms with Crippen LogP contribution in [0.4, 0.5) is 0 Å². The third-order valence-electron chi connectivity index (χ3n) is 6.41. The van der Waals surface area contributed by atoms with E-state index < -0.39 is 11.9 Å². The molecule has 34 heavy (non-hydrogen) atoms. The smallest absolute Gasteiger partial charge is 0.312 e. The van der Waals surface area contributed by atoms with Gasteiger partial charge in [0.2, 0.25) is 0 Å². The normalized spacial score (nSPS) is 15.2. The largest absolute Gasteiger partial charge is 0.508 e. The first-order chi connectivity index (χ1) is 16.3. The molecule has 4 aromatic rings. The number of carbonyl (C=O) groups is 1. The summed E-state index contributed by atoms with van der Waals surface area (Å²) in [6.07, 6.45) is 0.504. The number of esters is 1. The summed E-state index contributed by atoms with van der Waals surface area (Å²) in [5.41, 5.74) is 3.50. The van der Waals surface area contributed by atoms with Gasteiger partial charge >= 0.3 is 5.97 Å². The van der Waals surface area contributed by atoms with Crippen LogP contribution in [0.1, 0.15) is 40.3 Å². The first-order valence-corrected chi connectivity index (χ1v) is 11.2. The molecule has 0 saturated carbocycles. The lowest BCUT2D eigenvalue weighted by Gasteiger charge is -2.26. The van der Waals surface area contributed by atoms with Crippen LogP contribution >= 0.6 is 0 Å². The van der Waals surface area contributed by atoms with E-state index in [0.29, 0.717) is 35.3 Å². The van der Waals surface area contributed by atoms with Crippen molar-refractivity contribution in [2.75, 3.05) is 0 Å². The Morgan fingerprint density at radius 2 is 1.79 bits per heavy atom. The van der Waals surface area contributed by atoms with Gasteiger partial charge in [0.05, 0.1) is 12.0 Å². The molecule has 2 N–H and O–H groups in total. The first-order valence-electron chi connectivity index (χ1n) is 11.2. The number of aryl methyl sites for hydroxylation is 3. The van der Waals surface area contributed by atoms with Gasteiger partial charge in [0.25, 0.3) is 11.1 Å². The van der Waals surface area contributed by atoms with Crippen LogP contribution in [-0.2, 0) is 17.8 Å². The molecule has 0 bridgehead atoms. The summed E-state index contributed by atoms with van der Waals surface area (Å²) >= 11 is 0. The second kappa shape index (κ2) is 8.33. The number of H-pyrrole nitrogens is 1. The Balaban J connectivity index is 1.61. The van der Waals surface area contributed by atoms with Gasteiger partial charge < -0.3 is 19.4 Å². The Bertz CT molecular complexity index is 1550. The highest BCUT2D eigenvalue weighted by atomic mass is 16.5. The molecule has 0 amide bonds. The molecule has 1 unspecified atom stereocenters. The van der Waals surface area contributed by atoms with E-state index in [1.165, 1.54) is 0 Å². The van der Waals surface area contributed by atoms with Gasteiger partial charge in [-0.15, -0.1) is 0 Å². The number of phenolic OH excluding ortho intramolecular Hbond substituents is 1. The van der Waals surface area contributed by atoms with Gasteiger partial charge in [-0.2, -0.15) is 0 Å². The number of aromatic nitrogens is 2. The zero-order valence-electron chi connectivity index (χ0n) is 18.9. The van der Waals surface area contributed by atoms with E-state index in [1.807, 2.05) is 37.3 Å². The zero-order valence-corrected chi connectivity index (χ0v) is 18.9. The van der Waals surface area contributed by atoms with E-state index in [9.17, 15) is 19.5 Å². The molecule has 0 radical (unpaired) electrons. The number of ether oxygens (including phenoxy) is 1. The number of fused-ring (bicyclic) bond motifs is 2. The van der Waals surface area contributed by atoms with Crippen LogP contribution in [0.2, 0.25) is 0 Å². The molecule has 0 fully saturated rings. The van der Waals surface area contributed by atoms with Crippen molar-refractivity contribution >= 4 is 16.9 Å². The highest BCUT2D eigenvalue weighted by molar-refractivity contribution is 5.81. The fraction of sp³-hybridized carbons (Fsp3) is 0.222. The number of hydrogen-bond donors (Lipinski definition) is 2. The number of aromatic amines is 1. The van der Waals surface area contributed by atoms with E-state index in [4.69, 9.17) is 4.74 Å². The van der Waals surface area contributed by atoms with Gasteiger partial charge in [0.15, 0.2) is 0 Å². The summed E-state index contributed by atoms with van der Waals surface area (Å²) in [5.74, 6) is -0.764. The summed E-state index contributed by atoms with van der Waals surface area (Å²) in [7, 11) is 0. The van der Waals surface area contributed by atoms with Crippen LogP contribution in [0.3, 0.4) is 0 Å². The summed E-state index contributed by atoms with van der Waals surface area (Å²) in [6, 6.07) is 16.0. The van der Waals surface area contributed by atoms with Crippen molar-refractivity contribution in [2.45, 2.75) is 39.2 Å². The summed E-state index contributed by atoms with van der Waals surface area (Å²) < 4.78 is 7.08. The van der Waals surface area contributed by atoms with Crippen molar-refractivity contribution in [3.63, 3.8) is 0 Å². The highest BCUT2D eigenvalue weighted by Gasteiger charge is 2.34. The number of benzene rings is 2. The Labute approximate surface area is 195 Å². The number of hydrogen-bond acceptors (Lipinski definition) is 5. The third-order valence-corrected chi connectivity index (χ3v) is 6.41. The second-order valence-electron chi connectivity index (χ2n) is 8.81. The number of aromatic hydroxyl groups is 1. The maximum Gasteiger partial charge on any atom is 0.312 e. The van der Waals surface area contributed by atoms with Gasteiger partial charge in [-0.05, 0) is 61.5 Å². The average molecular weight is 456 g/mol. The lowest BCUT2D eigenvalue weighted by atomic mass is 9.87. The Morgan fingerprint density at radius 3 is 2.56 bits per heavy atom. The van der Waals surface area contributed by atoms with E-state index in [1.54, 1.807) is 35.8 Å². The van der Waals surface area contributed by atoms with E-state index in [2.05, 4.69) is 4.98 Å². The minimum absolute atomic E-state index is 0.0797. The van der Waals surface area contributed by atoms with Crippen molar-refractivity contribution in [1.29, 1.82) is 0 Å². The molecule has 3 heterocycles. The van der Waals surface area contributed by atoms with Crippen molar-refractivity contribution in [3.8, 4) is 11.5 Å². The second-order valence-corrected chi connectivity index (χ2v) is 8.81. The Morgan fingerprint density at radius 1 is 1.03 bits per heavy atom. The lowest BCUT2D eigenvalue weighted by molar-refractivity contribution is -0.135. The van der Waals surface area contributed by atoms with Crippen LogP contribution in [0.15, 0.2) is 64.2 Å². The van der Waals surface area contributed by atoms with Crippen LogP contribution in [0.25, 0.3) is 10.9 Å². The number of phenols is 1. The summed E-state index contributed by atoms with van der Waals surface area (Å²) in [4.78, 5) is 42.0. The minimum Gasteiger partial charge on any atom is -0.508 e. The van der Waals surface area contributed by atoms with Crippen molar-refractivity contribution in [1.82, 2.24) is 9.55 Å². The molecular formula is C27H24N2O5. The Hall–Kier alpha value is -4.13. The number of nitrogens with zero attached hydrogens (tertiary/aromatic N) is 1. The predicted molar refractivity (Wildman–Crippen MR) is 129 cm³/mol. The molecule has 7 heteroatoms. The molecular weight excluding hydrogens is 432 g/mol. The summed E-state index contributed by atoms with van der Waals surface area (Å²) in [6.45, 7) is 4.17. The molecule has 5 rings (SSSR count). The van der Waals surface area contributed by atoms with Crippen LogP contribution < -0.4 is 15.9 Å². The SMILES string of the molecule is Cc1ccc2[nH]c(=O)c(C3CC(=O)Oc4cc(C)n(CCc5ccc(O)cc5)c(=O)c43)cc2c1. The average Bonchev–Trinajstić information content (AvgIpc) is 2.79. The molecule has 2 aromatic carbocycles. The van der Waals surface area contributed by atoms with Gasteiger partial charge in [0, 0.05) is 35.3 Å². The lowest BCUT2D eigenvalue weighted by Crippen LogP contribution is -2.35. The molecule has 1 aliphatic rings. The molecule has 1 atom stereocenters. The maximum atomic E-state index is 13.6. The predicted octanol–water partition coefficient (Wildman–Crippen LogP) is 3.70. The van der Waals surface area contributed by atoms with Crippen LogP contribution in [0, 0.1) is 13.8 Å². The van der Waals surface area contributed by atoms with Crippen molar-refractivity contribution in [2.24, 2.45) is 0 Å². The highest BCUT2D eigenvalue weighted by Crippen LogP contribution is 2.36. The van der Waals surface area contributed by atoms with E-state index in [0.717, 1.165) is 16.5 Å². The standard InChI is InChI=1S/C27H24N2O5/c1-15-3-8-22-18(11-15)13-21(26(32)28-22)20-14-24(31)34-23-12-16(2)29(27(33)25(20)23)10-9-17-4-6-19(30)7-5-17/h3-8,11-13,20,30H,9-10,14H2,1-2H3,(H,28,32). The van der Waals surface area contributed by atoms with Gasteiger partial charge in [-0.3, -0.25) is 14.4 Å². The molecule has 1 aliphatic heterocycles. The number of pyridine rings is 2. The zero-order chi connectivity index (χ0) is 24.0. The molecule has 0 spiro atoms. The number of carbonyl (C=O) groups excluding carboxylic acids is 1. The van der Waals surface area contributed by atoms with Crippen molar-refractivity contribution < 1.29 is 14.6 Å². The topological polar surface area (TPSA) is 101 Å². The fourth-order valence-corrected chi connectivity index (χ4v) is 4.64. The molecule has 7 nitrogen and oxygen atoms in total. The van der Waals surface area contributed by atoms with Crippen LogP contribution in [0.5, 0.6) is 11.5 Å². The maximum absolute atomic E-state index is 13.6. The Kier molecular flexibility index (Phi) is 5.32. The number of nitrogens with one attached hydrogen (secondary N) is 1. The molecule has 2 aromatic heterocycles. The van der Waals surface area contributed by atoms with Crippen LogP contribution in [-0.4, -0.2) is 20.6 Å². The molecule has 0 aliphatic carbocycles.